The molecule has 0 saturated carbocycles. The Morgan fingerprint density at radius 2 is 2.11 bits per heavy atom. The molecule has 2 heterocycles. The highest BCUT2D eigenvalue weighted by molar-refractivity contribution is 5.80. The van der Waals surface area contributed by atoms with Crippen LogP contribution in [0.4, 0.5) is 4.39 Å². The summed E-state index contributed by atoms with van der Waals surface area (Å²) < 4.78 is 15.2. The maximum absolute atomic E-state index is 13.3. The van der Waals surface area contributed by atoms with Crippen LogP contribution in [-0.4, -0.2) is 51.9 Å². The van der Waals surface area contributed by atoms with Crippen molar-refractivity contribution in [2.75, 3.05) is 26.7 Å². The predicted octanol–water partition coefficient (Wildman–Crippen LogP) is 2.88. The second kappa shape index (κ2) is 7.53. The molecule has 1 aliphatic rings. The van der Waals surface area contributed by atoms with Crippen LogP contribution in [0.5, 0.6) is 0 Å². The molecule has 142 valence electrons. The summed E-state index contributed by atoms with van der Waals surface area (Å²) in [4.78, 5) is 21.2. The number of carbonyl (C=O) groups is 1. The standard InChI is InChI=1S/C21H25FN4O/c1-5-6-12-24(4)14-18(27)26-15-21(2,3)19(26)20-23-11-13-25(20)17-9-7-16(22)8-10-17/h1,7-11,13,19H,6,12,14-15H2,2-4H3. The summed E-state index contributed by atoms with van der Waals surface area (Å²) in [6.45, 7) is 5.95. The lowest BCUT2D eigenvalue weighted by Gasteiger charge is -2.54. The summed E-state index contributed by atoms with van der Waals surface area (Å²) >= 11 is 0. The van der Waals surface area contributed by atoms with Crippen molar-refractivity contribution in [3.8, 4) is 18.0 Å². The van der Waals surface area contributed by atoms with Gasteiger partial charge in [0.2, 0.25) is 5.91 Å². The summed E-state index contributed by atoms with van der Waals surface area (Å²) in [7, 11) is 1.90. The van der Waals surface area contributed by atoms with Crippen molar-refractivity contribution in [1.82, 2.24) is 19.4 Å². The van der Waals surface area contributed by atoms with E-state index >= 15 is 0 Å². The number of hydrogen-bond acceptors (Lipinski definition) is 3. The van der Waals surface area contributed by atoms with Crippen LogP contribution in [0.2, 0.25) is 0 Å². The van der Waals surface area contributed by atoms with Gasteiger partial charge in [0, 0.05) is 43.0 Å². The smallest absolute Gasteiger partial charge is 0.237 e. The first-order valence-corrected chi connectivity index (χ1v) is 9.04. The lowest BCUT2D eigenvalue weighted by molar-refractivity contribution is -0.153. The molecule has 1 amide bonds. The number of hydrogen-bond donors (Lipinski definition) is 0. The van der Waals surface area contributed by atoms with Gasteiger partial charge in [-0.25, -0.2) is 9.37 Å². The van der Waals surface area contributed by atoms with Gasteiger partial charge in [0.05, 0.1) is 12.6 Å². The van der Waals surface area contributed by atoms with Gasteiger partial charge in [-0.2, -0.15) is 0 Å². The Kier molecular flexibility index (Phi) is 5.33. The molecular weight excluding hydrogens is 343 g/mol. The van der Waals surface area contributed by atoms with Crippen molar-refractivity contribution in [3.05, 3.63) is 48.3 Å². The molecule has 1 aliphatic heterocycles. The molecule has 2 aromatic rings. The van der Waals surface area contributed by atoms with E-state index < -0.39 is 0 Å². The monoisotopic (exact) mass is 368 g/mol. The van der Waals surface area contributed by atoms with Crippen molar-refractivity contribution < 1.29 is 9.18 Å². The van der Waals surface area contributed by atoms with Gasteiger partial charge in [0.25, 0.3) is 0 Å². The second-order valence-corrected chi connectivity index (χ2v) is 7.74. The van der Waals surface area contributed by atoms with E-state index in [0.717, 1.165) is 11.5 Å². The Labute approximate surface area is 159 Å². The average Bonchev–Trinajstić information content (AvgIpc) is 3.07. The molecule has 0 aliphatic carbocycles. The third-order valence-electron chi connectivity index (χ3n) is 5.01. The summed E-state index contributed by atoms with van der Waals surface area (Å²) in [5.41, 5.74) is 0.737. The van der Waals surface area contributed by atoms with Crippen molar-refractivity contribution in [3.63, 3.8) is 0 Å². The topological polar surface area (TPSA) is 41.4 Å². The Hall–Kier alpha value is -2.65. The lowest BCUT2D eigenvalue weighted by atomic mass is 9.74. The molecule has 1 unspecified atom stereocenters. The zero-order valence-electron chi connectivity index (χ0n) is 16.0. The zero-order valence-corrected chi connectivity index (χ0v) is 16.0. The Morgan fingerprint density at radius 3 is 2.74 bits per heavy atom. The minimum atomic E-state index is -0.281. The Balaban J connectivity index is 1.82. The van der Waals surface area contributed by atoms with Crippen LogP contribution in [-0.2, 0) is 4.79 Å². The molecule has 1 aromatic carbocycles. The van der Waals surface area contributed by atoms with E-state index in [1.54, 1.807) is 18.3 Å². The predicted molar refractivity (Wildman–Crippen MR) is 103 cm³/mol. The molecule has 5 nitrogen and oxygen atoms in total. The van der Waals surface area contributed by atoms with E-state index in [1.165, 1.54) is 12.1 Å². The summed E-state index contributed by atoms with van der Waals surface area (Å²) in [5, 5.41) is 0. The van der Waals surface area contributed by atoms with Gasteiger partial charge in [-0.15, -0.1) is 12.3 Å². The fraction of sp³-hybridized carbons (Fsp3) is 0.429. The first kappa shape index (κ1) is 19.1. The normalized spacial score (nSPS) is 18.2. The maximum atomic E-state index is 13.3. The molecule has 0 N–H and O–H groups in total. The van der Waals surface area contributed by atoms with Crippen molar-refractivity contribution in [1.29, 1.82) is 0 Å². The SMILES string of the molecule is C#CCCN(C)CC(=O)N1CC(C)(C)C1c1nccn1-c1ccc(F)cc1. The number of rotatable bonds is 6. The number of likely N-dealkylation sites (tertiary alicyclic amines) is 1. The van der Waals surface area contributed by atoms with Crippen LogP contribution < -0.4 is 0 Å². The Morgan fingerprint density at radius 1 is 1.41 bits per heavy atom. The molecule has 0 radical (unpaired) electrons. The highest BCUT2D eigenvalue weighted by atomic mass is 19.1. The van der Waals surface area contributed by atoms with E-state index in [9.17, 15) is 9.18 Å². The van der Waals surface area contributed by atoms with E-state index in [4.69, 9.17) is 6.42 Å². The number of amides is 1. The van der Waals surface area contributed by atoms with Gasteiger partial charge in [-0.05, 0) is 31.3 Å². The van der Waals surface area contributed by atoms with Gasteiger partial charge >= 0.3 is 0 Å². The third kappa shape index (κ3) is 3.88. The number of terminal acetylenes is 1. The average molecular weight is 368 g/mol. The van der Waals surface area contributed by atoms with E-state index in [2.05, 4.69) is 24.8 Å². The zero-order chi connectivity index (χ0) is 19.6. The number of imidazole rings is 1. The molecule has 0 bridgehead atoms. The fourth-order valence-electron chi connectivity index (χ4n) is 3.64. The van der Waals surface area contributed by atoms with Gasteiger partial charge < -0.3 is 9.47 Å². The van der Waals surface area contributed by atoms with Gasteiger partial charge in [0.15, 0.2) is 0 Å². The van der Waals surface area contributed by atoms with Crippen LogP contribution in [0.1, 0.15) is 32.1 Å². The van der Waals surface area contributed by atoms with Crippen molar-refractivity contribution in [2.45, 2.75) is 26.3 Å². The molecule has 0 spiro atoms. The molecular formula is C21H25FN4O. The first-order valence-electron chi connectivity index (χ1n) is 9.04. The highest BCUT2D eigenvalue weighted by Gasteiger charge is 2.50. The summed E-state index contributed by atoms with van der Waals surface area (Å²) in [6, 6.07) is 6.15. The molecule has 1 fully saturated rings. The van der Waals surface area contributed by atoms with Crippen molar-refractivity contribution in [2.24, 2.45) is 5.41 Å². The highest BCUT2D eigenvalue weighted by Crippen LogP contribution is 2.48. The fourth-order valence-corrected chi connectivity index (χ4v) is 3.64. The van der Waals surface area contributed by atoms with E-state index in [0.29, 0.717) is 26.1 Å². The quantitative estimate of drug-likeness (QED) is 0.737. The van der Waals surface area contributed by atoms with Gasteiger partial charge in [0.1, 0.15) is 11.6 Å². The molecule has 27 heavy (non-hydrogen) atoms. The third-order valence-corrected chi connectivity index (χ3v) is 5.01. The van der Waals surface area contributed by atoms with E-state index in [1.807, 2.05) is 27.6 Å². The number of carbonyl (C=O) groups excluding carboxylic acids is 1. The number of halogens is 1. The van der Waals surface area contributed by atoms with Crippen LogP contribution >= 0.6 is 0 Å². The van der Waals surface area contributed by atoms with Crippen LogP contribution in [0.3, 0.4) is 0 Å². The number of likely N-dealkylation sites (N-methyl/N-ethyl adjacent to an activating group) is 1. The van der Waals surface area contributed by atoms with Crippen LogP contribution in [0, 0.1) is 23.6 Å². The molecule has 6 heteroatoms. The van der Waals surface area contributed by atoms with Gasteiger partial charge in [-0.1, -0.05) is 13.8 Å². The number of aromatic nitrogens is 2. The summed E-state index contributed by atoms with van der Waals surface area (Å²) in [6.07, 6.45) is 9.48. The van der Waals surface area contributed by atoms with Gasteiger partial charge in [-0.3, -0.25) is 9.69 Å². The molecule has 3 rings (SSSR count). The molecule has 1 aromatic heterocycles. The Bertz CT molecular complexity index is 850. The van der Waals surface area contributed by atoms with Crippen LogP contribution in [0.25, 0.3) is 5.69 Å². The second-order valence-electron chi connectivity index (χ2n) is 7.74. The largest absolute Gasteiger partial charge is 0.330 e. The molecule has 1 atom stereocenters. The summed E-state index contributed by atoms with van der Waals surface area (Å²) in [5.74, 6) is 3.17. The lowest BCUT2D eigenvalue weighted by Crippen LogP contribution is -2.60. The van der Waals surface area contributed by atoms with Crippen molar-refractivity contribution >= 4 is 5.91 Å². The minimum Gasteiger partial charge on any atom is -0.330 e. The van der Waals surface area contributed by atoms with E-state index in [-0.39, 0.29) is 23.2 Å². The number of benzene rings is 1. The molecule has 1 saturated heterocycles. The number of nitrogens with zero attached hydrogens (tertiary/aromatic N) is 4. The maximum Gasteiger partial charge on any atom is 0.237 e. The van der Waals surface area contributed by atoms with Crippen LogP contribution in [0.15, 0.2) is 36.7 Å². The minimum absolute atomic E-state index is 0.0625. The first-order chi connectivity index (χ1) is 12.8.